The summed E-state index contributed by atoms with van der Waals surface area (Å²) in [6.45, 7) is 5.82. The Morgan fingerprint density at radius 2 is 1.71 bits per heavy atom. The molecule has 0 aliphatic rings. The molecule has 0 bridgehead atoms. The molecular formula is C25H33Cl2N3O4S. The first-order valence-electron chi connectivity index (χ1n) is 11.5. The summed E-state index contributed by atoms with van der Waals surface area (Å²) in [5.41, 5.74) is 0.663. The molecule has 1 N–H and O–H groups in total. The molecule has 0 radical (unpaired) electrons. The van der Waals surface area contributed by atoms with Gasteiger partial charge in [0, 0.05) is 42.6 Å². The van der Waals surface area contributed by atoms with Gasteiger partial charge in [-0.3, -0.25) is 9.59 Å². The minimum absolute atomic E-state index is 0.0298. The van der Waals surface area contributed by atoms with Crippen molar-refractivity contribution in [1.29, 1.82) is 0 Å². The van der Waals surface area contributed by atoms with E-state index in [2.05, 4.69) is 5.32 Å². The van der Waals surface area contributed by atoms with Crippen LogP contribution in [0.1, 0.15) is 45.6 Å². The van der Waals surface area contributed by atoms with E-state index >= 15 is 0 Å². The van der Waals surface area contributed by atoms with E-state index in [-0.39, 0.29) is 42.3 Å². The summed E-state index contributed by atoms with van der Waals surface area (Å²) in [5, 5.41) is 3.79. The Hall–Kier alpha value is -2.13. The number of carbonyl (C=O) groups is 2. The lowest BCUT2D eigenvalue weighted by molar-refractivity contribution is -0.141. The van der Waals surface area contributed by atoms with Crippen LogP contribution >= 0.6 is 23.2 Å². The van der Waals surface area contributed by atoms with E-state index in [1.165, 1.54) is 28.4 Å². The van der Waals surface area contributed by atoms with Crippen molar-refractivity contribution in [3.05, 3.63) is 64.1 Å². The minimum atomic E-state index is -3.65. The standard InChI is InChI=1S/C25H33Cl2N3O4S/c1-5-18(2)28-25(32)19(3)30(17-20-13-14-21(26)16-23(20)27)24(31)12-9-15-29(4)35(33,34)22-10-7-6-8-11-22/h6-8,10-11,13-14,16,18-19H,5,9,12,15,17H2,1-4H3,(H,28,32)/t18-,19+/m0/s1. The van der Waals surface area contributed by atoms with E-state index in [9.17, 15) is 18.0 Å². The zero-order valence-electron chi connectivity index (χ0n) is 20.5. The van der Waals surface area contributed by atoms with Crippen LogP contribution in [0.3, 0.4) is 0 Å². The summed E-state index contributed by atoms with van der Waals surface area (Å²) < 4.78 is 26.7. The molecule has 0 fully saturated rings. The van der Waals surface area contributed by atoms with E-state index < -0.39 is 16.1 Å². The number of carbonyl (C=O) groups excluding carboxylic acids is 2. The van der Waals surface area contributed by atoms with Crippen molar-refractivity contribution < 1.29 is 18.0 Å². The molecule has 0 aromatic heterocycles. The largest absolute Gasteiger partial charge is 0.352 e. The highest BCUT2D eigenvalue weighted by atomic mass is 35.5. The predicted octanol–water partition coefficient (Wildman–Crippen LogP) is 4.73. The number of rotatable bonds is 12. The Balaban J connectivity index is 2.12. The van der Waals surface area contributed by atoms with Gasteiger partial charge in [-0.05, 0) is 56.5 Å². The molecule has 0 spiro atoms. The second-order valence-corrected chi connectivity index (χ2v) is 11.4. The van der Waals surface area contributed by atoms with Crippen LogP contribution in [0.5, 0.6) is 0 Å². The molecule has 35 heavy (non-hydrogen) atoms. The van der Waals surface area contributed by atoms with Gasteiger partial charge in [-0.1, -0.05) is 54.4 Å². The molecular weight excluding hydrogens is 509 g/mol. The molecule has 0 saturated carbocycles. The quantitative estimate of drug-likeness (QED) is 0.420. The third kappa shape index (κ3) is 8.20. The first-order chi connectivity index (χ1) is 16.5. The third-order valence-corrected chi connectivity index (χ3v) is 8.30. The number of hydrogen-bond donors (Lipinski definition) is 1. The van der Waals surface area contributed by atoms with Crippen LogP contribution < -0.4 is 5.32 Å². The Labute approximate surface area is 218 Å². The maximum absolute atomic E-state index is 13.2. The van der Waals surface area contributed by atoms with Crippen molar-refractivity contribution in [2.75, 3.05) is 13.6 Å². The molecule has 7 nitrogen and oxygen atoms in total. The number of nitrogens with zero attached hydrogens (tertiary/aromatic N) is 2. The highest BCUT2D eigenvalue weighted by Crippen LogP contribution is 2.24. The fraction of sp³-hybridized carbons (Fsp3) is 0.440. The fourth-order valence-corrected chi connectivity index (χ4v) is 5.07. The predicted molar refractivity (Wildman–Crippen MR) is 140 cm³/mol. The lowest BCUT2D eigenvalue weighted by Gasteiger charge is -2.30. The second kappa shape index (κ2) is 13.3. The summed E-state index contributed by atoms with van der Waals surface area (Å²) >= 11 is 12.3. The average Bonchev–Trinajstić information content (AvgIpc) is 2.83. The number of benzene rings is 2. The molecule has 2 atom stereocenters. The summed E-state index contributed by atoms with van der Waals surface area (Å²) in [6, 6.07) is 12.4. The molecule has 10 heteroatoms. The van der Waals surface area contributed by atoms with Crippen LogP contribution in [0.25, 0.3) is 0 Å². The smallest absolute Gasteiger partial charge is 0.242 e. The molecule has 0 aliphatic carbocycles. The van der Waals surface area contributed by atoms with Gasteiger partial charge in [0.1, 0.15) is 6.04 Å². The number of nitrogens with one attached hydrogen (secondary N) is 1. The molecule has 2 amide bonds. The van der Waals surface area contributed by atoms with Gasteiger partial charge < -0.3 is 10.2 Å². The normalized spacial score (nSPS) is 13.3. The maximum Gasteiger partial charge on any atom is 0.242 e. The van der Waals surface area contributed by atoms with Crippen LogP contribution in [0, 0.1) is 0 Å². The van der Waals surface area contributed by atoms with Crippen molar-refractivity contribution in [1.82, 2.24) is 14.5 Å². The van der Waals surface area contributed by atoms with Gasteiger partial charge >= 0.3 is 0 Å². The average molecular weight is 543 g/mol. The Morgan fingerprint density at radius 1 is 1.06 bits per heavy atom. The zero-order chi connectivity index (χ0) is 26.2. The summed E-state index contributed by atoms with van der Waals surface area (Å²) in [7, 11) is -2.16. The van der Waals surface area contributed by atoms with Crippen LogP contribution in [-0.4, -0.2) is 55.1 Å². The van der Waals surface area contributed by atoms with Crippen molar-refractivity contribution >= 4 is 45.0 Å². The Morgan fingerprint density at radius 3 is 2.31 bits per heavy atom. The molecule has 2 rings (SSSR count). The summed E-state index contributed by atoms with van der Waals surface area (Å²) in [6.07, 6.45) is 1.13. The fourth-order valence-electron chi connectivity index (χ4n) is 3.37. The van der Waals surface area contributed by atoms with Gasteiger partial charge in [-0.15, -0.1) is 0 Å². The SMILES string of the molecule is CC[C@H](C)NC(=O)[C@@H](C)N(Cc1ccc(Cl)cc1Cl)C(=O)CCCN(C)S(=O)(=O)c1ccccc1. The Kier molecular flexibility index (Phi) is 11.0. The van der Waals surface area contributed by atoms with Gasteiger partial charge in [0.05, 0.1) is 4.90 Å². The van der Waals surface area contributed by atoms with Gasteiger partial charge in [-0.25, -0.2) is 12.7 Å². The van der Waals surface area contributed by atoms with E-state index in [4.69, 9.17) is 23.2 Å². The van der Waals surface area contributed by atoms with Gasteiger partial charge in [0.15, 0.2) is 0 Å². The lowest BCUT2D eigenvalue weighted by Crippen LogP contribution is -2.49. The number of halogens is 2. The third-order valence-electron chi connectivity index (χ3n) is 5.84. The van der Waals surface area contributed by atoms with Crippen LogP contribution in [-0.2, 0) is 26.2 Å². The summed E-state index contributed by atoms with van der Waals surface area (Å²) in [4.78, 5) is 27.7. The summed E-state index contributed by atoms with van der Waals surface area (Å²) in [5.74, 6) is -0.533. The van der Waals surface area contributed by atoms with Gasteiger partial charge in [-0.2, -0.15) is 0 Å². The lowest BCUT2D eigenvalue weighted by atomic mass is 10.1. The van der Waals surface area contributed by atoms with Crippen molar-refractivity contribution in [3.63, 3.8) is 0 Å². The maximum atomic E-state index is 13.2. The highest BCUT2D eigenvalue weighted by Gasteiger charge is 2.28. The van der Waals surface area contributed by atoms with Gasteiger partial charge in [0.2, 0.25) is 21.8 Å². The number of sulfonamides is 1. The molecule has 0 unspecified atom stereocenters. The molecule has 0 saturated heterocycles. The van der Waals surface area contributed by atoms with Crippen molar-refractivity contribution in [2.24, 2.45) is 0 Å². The number of amides is 2. The molecule has 192 valence electrons. The van der Waals surface area contributed by atoms with E-state index in [0.717, 1.165) is 6.42 Å². The minimum Gasteiger partial charge on any atom is -0.352 e. The first-order valence-corrected chi connectivity index (χ1v) is 13.7. The number of hydrogen-bond acceptors (Lipinski definition) is 4. The van der Waals surface area contributed by atoms with Crippen molar-refractivity contribution in [2.45, 2.75) is 63.6 Å². The van der Waals surface area contributed by atoms with Crippen LogP contribution in [0.15, 0.2) is 53.4 Å². The van der Waals surface area contributed by atoms with E-state index in [0.29, 0.717) is 22.0 Å². The molecule has 2 aromatic rings. The molecule has 2 aromatic carbocycles. The zero-order valence-corrected chi connectivity index (χ0v) is 22.8. The van der Waals surface area contributed by atoms with Crippen molar-refractivity contribution in [3.8, 4) is 0 Å². The van der Waals surface area contributed by atoms with E-state index in [1.54, 1.807) is 43.3 Å². The van der Waals surface area contributed by atoms with Crippen LogP contribution in [0.4, 0.5) is 0 Å². The molecule has 0 aliphatic heterocycles. The van der Waals surface area contributed by atoms with Crippen LogP contribution in [0.2, 0.25) is 10.0 Å². The Bertz CT molecular complexity index is 1110. The first kappa shape index (κ1) is 29.1. The molecule has 0 heterocycles. The van der Waals surface area contributed by atoms with Gasteiger partial charge in [0.25, 0.3) is 0 Å². The highest BCUT2D eigenvalue weighted by molar-refractivity contribution is 7.89. The topological polar surface area (TPSA) is 86.8 Å². The second-order valence-electron chi connectivity index (χ2n) is 8.49. The monoisotopic (exact) mass is 541 g/mol. The van der Waals surface area contributed by atoms with E-state index in [1.807, 2.05) is 13.8 Å².